The monoisotopic (exact) mass is 315 g/mol. The van der Waals surface area contributed by atoms with Crippen LogP contribution in [-0.2, 0) is 4.79 Å². The normalized spacial score (nSPS) is 31.9. The number of alkyl halides is 1. The van der Waals surface area contributed by atoms with E-state index in [0.29, 0.717) is 17.9 Å². The maximum absolute atomic E-state index is 12.5. The van der Waals surface area contributed by atoms with Crippen LogP contribution >= 0.6 is 15.9 Å². The van der Waals surface area contributed by atoms with Gasteiger partial charge < -0.3 is 5.32 Å². The molecule has 0 aromatic heterocycles. The molecule has 0 radical (unpaired) electrons. The molecule has 18 heavy (non-hydrogen) atoms. The lowest BCUT2D eigenvalue weighted by Gasteiger charge is -2.37. The highest BCUT2D eigenvalue weighted by Crippen LogP contribution is 2.36. The average molecular weight is 316 g/mol. The van der Waals surface area contributed by atoms with Crippen molar-refractivity contribution in [2.24, 2.45) is 11.3 Å². The Morgan fingerprint density at radius 2 is 1.83 bits per heavy atom. The average Bonchev–Trinajstić information content (AvgIpc) is 2.40. The second-order valence-corrected chi connectivity index (χ2v) is 7.05. The molecule has 2 fully saturated rings. The zero-order valence-electron chi connectivity index (χ0n) is 11.5. The molecular weight excluding hydrogens is 290 g/mol. The van der Waals surface area contributed by atoms with Crippen LogP contribution in [0.2, 0.25) is 0 Å². The smallest absolute Gasteiger partial charge is 0.226 e. The molecule has 1 amide bonds. The Balaban J connectivity index is 1.92. The fourth-order valence-corrected chi connectivity index (χ4v) is 4.26. The van der Waals surface area contributed by atoms with E-state index in [2.05, 4.69) is 28.2 Å². The van der Waals surface area contributed by atoms with Crippen LogP contribution in [0.25, 0.3) is 0 Å². The van der Waals surface area contributed by atoms with Crippen molar-refractivity contribution < 1.29 is 4.79 Å². The van der Waals surface area contributed by atoms with E-state index >= 15 is 0 Å². The topological polar surface area (TPSA) is 29.1 Å². The minimum Gasteiger partial charge on any atom is -0.353 e. The summed E-state index contributed by atoms with van der Waals surface area (Å²) in [4.78, 5) is 12.5. The van der Waals surface area contributed by atoms with Crippen LogP contribution in [0.4, 0.5) is 0 Å². The number of hydrogen-bond donors (Lipinski definition) is 1. The van der Waals surface area contributed by atoms with Gasteiger partial charge in [0.25, 0.3) is 0 Å². The second kappa shape index (κ2) is 6.40. The molecule has 2 aliphatic carbocycles. The first-order valence-electron chi connectivity index (χ1n) is 7.53. The molecule has 3 heteroatoms. The molecule has 0 saturated heterocycles. The largest absolute Gasteiger partial charge is 0.353 e. The maximum atomic E-state index is 12.5. The van der Waals surface area contributed by atoms with Gasteiger partial charge in [0, 0.05) is 16.8 Å². The summed E-state index contributed by atoms with van der Waals surface area (Å²) in [6, 6.07) is 0.407. The maximum Gasteiger partial charge on any atom is 0.226 e. The SMILES string of the molecule is CC1(C(=O)NC2CCCCC2CBr)CCCCC1. The lowest BCUT2D eigenvalue weighted by Crippen LogP contribution is -2.49. The summed E-state index contributed by atoms with van der Waals surface area (Å²) in [5.41, 5.74) is -0.0907. The minimum atomic E-state index is -0.0907. The first-order valence-corrected chi connectivity index (χ1v) is 8.65. The van der Waals surface area contributed by atoms with Gasteiger partial charge in [-0.3, -0.25) is 4.79 Å². The lowest BCUT2D eigenvalue weighted by molar-refractivity contribution is -0.133. The van der Waals surface area contributed by atoms with Crippen molar-refractivity contribution in [3.63, 3.8) is 0 Å². The highest BCUT2D eigenvalue weighted by molar-refractivity contribution is 9.09. The summed E-state index contributed by atoms with van der Waals surface area (Å²) < 4.78 is 0. The molecule has 2 nitrogen and oxygen atoms in total. The molecule has 2 atom stereocenters. The molecule has 2 rings (SSSR count). The van der Waals surface area contributed by atoms with E-state index in [1.807, 2.05) is 0 Å². The Labute approximate surface area is 119 Å². The van der Waals surface area contributed by atoms with Crippen LogP contribution in [0.1, 0.15) is 64.7 Å². The number of rotatable bonds is 3. The van der Waals surface area contributed by atoms with Crippen molar-refractivity contribution in [1.82, 2.24) is 5.32 Å². The van der Waals surface area contributed by atoms with Crippen molar-refractivity contribution in [2.75, 3.05) is 5.33 Å². The van der Waals surface area contributed by atoms with Crippen molar-refractivity contribution in [3.8, 4) is 0 Å². The van der Waals surface area contributed by atoms with Crippen LogP contribution in [0.15, 0.2) is 0 Å². The summed E-state index contributed by atoms with van der Waals surface area (Å²) in [5, 5.41) is 4.38. The first kappa shape index (κ1) is 14.4. The van der Waals surface area contributed by atoms with Gasteiger partial charge in [-0.25, -0.2) is 0 Å². The van der Waals surface area contributed by atoms with Crippen LogP contribution in [0.3, 0.4) is 0 Å². The quantitative estimate of drug-likeness (QED) is 0.783. The Kier molecular flexibility index (Phi) is 5.11. The predicted octanol–water partition coefficient (Wildman–Crippen LogP) is 4.03. The number of halogens is 1. The molecule has 0 aliphatic heterocycles. The molecule has 0 bridgehead atoms. The minimum absolute atomic E-state index is 0.0907. The van der Waals surface area contributed by atoms with Gasteiger partial charge in [0.15, 0.2) is 0 Å². The third-order valence-electron chi connectivity index (χ3n) is 4.93. The first-order chi connectivity index (χ1) is 8.65. The predicted molar refractivity (Wildman–Crippen MR) is 78.9 cm³/mol. The Morgan fingerprint density at radius 1 is 1.17 bits per heavy atom. The summed E-state index contributed by atoms with van der Waals surface area (Å²) >= 11 is 3.60. The van der Waals surface area contributed by atoms with Gasteiger partial charge in [-0.05, 0) is 31.6 Å². The molecule has 1 N–H and O–H groups in total. The number of nitrogens with one attached hydrogen (secondary N) is 1. The van der Waals surface area contributed by atoms with Gasteiger partial charge in [0.1, 0.15) is 0 Å². The second-order valence-electron chi connectivity index (χ2n) is 6.40. The van der Waals surface area contributed by atoms with Gasteiger partial charge in [0.05, 0.1) is 0 Å². The summed E-state index contributed by atoms with van der Waals surface area (Å²) in [6.07, 6.45) is 10.9. The Morgan fingerprint density at radius 3 is 2.50 bits per heavy atom. The van der Waals surface area contributed by atoms with E-state index in [1.54, 1.807) is 0 Å². The molecule has 0 heterocycles. The zero-order valence-corrected chi connectivity index (χ0v) is 13.1. The third kappa shape index (κ3) is 3.28. The zero-order chi connectivity index (χ0) is 13.0. The summed E-state index contributed by atoms with van der Waals surface area (Å²) in [7, 11) is 0. The van der Waals surface area contributed by atoms with Crippen LogP contribution in [0.5, 0.6) is 0 Å². The third-order valence-corrected chi connectivity index (χ3v) is 5.76. The molecule has 0 aromatic carbocycles. The summed E-state index contributed by atoms with van der Waals surface area (Å²) in [6.45, 7) is 2.16. The fourth-order valence-electron chi connectivity index (χ4n) is 3.48. The number of hydrogen-bond acceptors (Lipinski definition) is 1. The Bertz CT molecular complexity index is 286. The van der Waals surface area contributed by atoms with Crippen molar-refractivity contribution in [1.29, 1.82) is 0 Å². The van der Waals surface area contributed by atoms with E-state index in [0.717, 1.165) is 24.6 Å². The highest BCUT2D eigenvalue weighted by Gasteiger charge is 2.36. The molecule has 104 valence electrons. The van der Waals surface area contributed by atoms with E-state index in [1.165, 1.54) is 38.5 Å². The number of carbonyl (C=O) groups is 1. The van der Waals surface area contributed by atoms with E-state index in [-0.39, 0.29) is 5.41 Å². The van der Waals surface area contributed by atoms with Gasteiger partial charge >= 0.3 is 0 Å². The van der Waals surface area contributed by atoms with E-state index in [9.17, 15) is 4.79 Å². The molecule has 2 saturated carbocycles. The van der Waals surface area contributed by atoms with Gasteiger partial charge in [-0.1, -0.05) is 55.0 Å². The van der Waals surface area contributed by atoms with Crippen molar-refractivity contribution in [3.05, 3.63) is 0 Å². The highest BCUT2D eigenvalue weighted by atomic mass is 79.9. The van der Waals surface area contributed by atoms with Crippen molar-refractivity contribution >= 4 is 21.8 Å². The Hall–Kier alpha value is -0.0500. The van der Waals surface area contributed by atoms with Crippen LogP contribution in [0, 0.1) is 11.3 Å². The van der Waals surface area contributed by atoms with Crippen LogP contribution in [-0.4, -0.2) is 17.3 Å². The molecular formula is C15H26BrNO. The summed E-state index contributed by atoms with van der Waals surface area (Å²) in [5.74, 6) is 0.954. The number of amides is 1. The van der Waals surface area contributed by atoms with Crippen LogP contribution < -0.4 is 5.32 Å². The molecule has 2 unspecified atom stereocenters. The number of carbonyl (C=O) groups excluding carboxylic acids is 1. The standard InChI is InChI=1S/C15H26BrNO/c1-15(9-5-2-6-10-15)14(18)17-13-8-4-3-7-12(13)11-16/h12-13H,2-11H2,1H3,(H,17,18). The fraction of sp³-hybridized carbons (Fsp3) is 0.933. The van der Waals surface area contributed by atoms with Gasteiger partial charge in [0.2, 0.25) is 5.91 Å². The molecule has 0 spiro atoms. The van der Waals surface area contributed by atoms with E-state index in [4.69, 9.17) is 0 Å². The molecule has 0 aromatic rings. The van der Waals surface area contributed by atoms with Gasteiger partial charge in [-0.15, -0.1) is 0 Å². The van der Waals surface area contributed by atoms with Gasteiger partial charge in [-0.2, -0.15) is 0 Å². The van der Waals surface area contributed by atoms with E-state index < -0.39 is 0 Å². The van der Waals surface area contributed by atoms with Crippen molar-refractivity contribution in [2.45, 2.75) is 70.8 Å². The molecule has 2 aliphatic rings. The lowest BCUT2D eigenvalue weighted by atomic mass is 9.74.